The Morgan fingerprint density at radius 3 is 2.22 bits per heavy atom. The molecule has 0 saturated heterocycles. The first-order chi connectivity index (χ1) is 16.9. The molecule has 4 rings (SSSR count). The van der Waals surface area contributed by atoms with Crippen molar-refractivity contribution in [3.8, 4) is 0 Å². The molecule has 2 nitrogen and oxygen atoms in total. The van der Waals surface area contributed by atoms with E-state index in [1.807, 2.05) is 0 Å². The number of ether oxygens (including phenoxy) is 1. The Balaban J connectivity index is 1.48. The molecule has 4 fully saturated rings. The molecule has 0 radical (unpaired) electrons. The molecule has 0 unspecified atom stereocenters. The Morgan fingerprint density at radius 2 is 1.56 bits per heavy atom. The van der Waals surface area contributed by atoms with Crippen molar-refractivity contribution < 1.29 is 9.53 Å². The van der Waals surface area contributed by atoms with E-state index in [9.17, 15) is 4.79 Å². The van der Waals surface area contributed by atoms with E-state index in [0.29, 0.717) is 35.0 Å². The zero-order valence-electron chi connectivity index (χ0n) is 25.2. The molecule has 0 amide bonds. The van der Waals surface area contributed by atoms with Crippen LogP contribution in [0.25, 0.3) is 0 Å². The summed E-state index contributed by atoms with van der Waals surface area (Å²) >= 11 is 0. The monoisotopic (exact) mass is 498 g/mol. The number of esters is 1. The number of rotatable bonds is 7. The lowest BCUT2D eigenvalue weighted by Gasteiger charge is -2.62. The fourth-order valence-electron chi connectivity index (χ4n) is 10.4. The molecule has 0 bridgehead atoms. The predicted molar refractivity (Wildman–Crippen MR) is 151 cm³/mol. The number of allylic oxidation sites excluding steroid dienone is 2. The van der Waals surface area contributed by atoms with Gasteiger partial charge in [-0.15, -0.1) is 0 Å². The third-order valence-electron chi connectivity index (χ3n) is 12.8. The highest BCUT2D eigenvalue weighted by Gasteiger charge is 2.61. The Morgan fingerprint density at radius 1 is 0.917 bits per heavy atom. The minimum Gasteiger partial charge on any atom is -0.462 e. The number of hydrogen-bond donors (Lipinski definition) is 0. The van der Waals surface area contributed by atoms with E-state index in [2.05, 4.69) is 68.4 Å². The third kappa shape index (κ3) is 4.86. The van der Waals surface area contributed by atoms with Gasteiger partial charge in [0.05, 0.1) is 0 Å². The van der Waals surface area contributed by atoms with Crippen molar-refractivity contribution in [2.75, 3.05) is 0 Å². The molecule has 11 atom stereocenters. The minimum atomic E-state index is 0.0262. The summed E-state index contributed by atoms with van der Waals surface area (Å²) in [6, 6.07) is 0. The maximum atomic E-state index is 12.3. The fourth-order valence-corrected chi connectivity index (χ4v) is 10.4. The van der Waals surface area contributed by atoms with E-state index in [1.165, 1.54) is 44.9 Å². The maximum Gasteiger partial charge on any atom is 0.306 e. The minimum absolute atomic E-state index is 0.0262. The maximum absolute atomic E-state index is 12.3. The summed E-state index contributed by atoms with van der Waals surface area (Å²) in [5.41, 5.74) is 2.56. The molecule has 0 spiro atoms. The molecule has 36 heavy (non-hydrogen) atoms. The second-order valence-corrected chi connectivity index (χ2v) is 14.8. The van der Waals surface area contributed by atoms with Crippen LogP contribution in [0.1, 0.15) is 127 Å². The molecule has 4 aliphatic carbocycles. The third-order valence-corrected chi connectivity index (χ3v) is 12.8. The smallest absolute Gasteiger partial charge is 0.306 e. The molecule has 0 aromatic carbocycles. The standard InChI is InChI=1S/C34H58O2/c1-10-11-32(35)36-31-17-19-34(9)28(25(31)7)13-12-26-29-15-14-27(33(29,8)18-16-30(26)34)23(5)20-22(4)24(6)21(2)3/h20-21,23-31H,10-19H2,1-9H3/b22-20+/t23-,24-,25+,26+,27-,28+,29+,30+,31+,33-,34+/m1/s1. The average molecular weight is 499 g/mol. The van der Waals surface area contributed by atoms with Gasteiger partial charge in [0, 0.05) is 6.42 Å². The van der Waals surface area contributed by atoms with Crippen LogP contribution in [-0.4, -0.2) is 12.1 Å². The predicted octanol–water partition coefficient (Wildman–Crippen LogP) is 9.48. The van der Waals surface area contributed by atoms with Gasteiger partial charge in [-0.05, 0) is 129 Å². The van der Waals surface area contributed by atoms with Gasteiger partial charge in [-0.1, -0.05) is 67.0 Å². The largest absolute Gasteiger partial charge is 0.462 e. The molecule has 4 aliphatic rings. The van der Waals surface area contributed by atoms with Gasteiger partial charge in [0.1, 0.15) is 6.10 Å². The van der Waals surface area contributed by atoms with Gasteiger partial charge in [0.25, 0.3) is 0 Å². The number of carbonyl (C=O) groups excluding carboxylic acids is 1. The van der Waals surface area contributed by atoms with Crippen molar-refractivity contribution in [3.63, 3.8) is 0 Å². The molecule has 0 N–H and O–H groups in total. The first-order valence-corrected chi connectivity index (χ1v) is 15.8. The van der Waals surface area contributed by atoms with E-state index in [-0.39, 0.29) is 12.1 Å². The van der Waals surface area contributed by atoms with Crippen molar-refractivity contribution in [1.82, 2.24) is 0 Å². The first-order valence-electron chi connectivity index (χ1n) is 15.8. The molecule has 4 saturated carbocycles. The summed E-state index contributed by atoms with van der Waals surface area (Å²) in [7, 11) is 0. The molecule has 0 aliphatic heterocycles. The highest BCUT2D eigenvalue weighted by Crippen LogP contribution is 2.69. The van der Waals surface area contributed by atoms with Gasteiger partial charge in [0.15, 0.2) is 0 Å². The Labute approximate surface area is 223 Å². The van der Waals surface area contributed by atoms with E-state index < -0.39 is 0 Å². The summed E-state index contributed by atoms with van der Waals surface area (Å²) in [6.07, 6.45) is 15.1. The van der Waals surface area contributed by atoms with Crippen LogP contribution in [0.3, 0.4) is 0 Å². The number of hydrogen-bond acceptors (Lipinski definition) is 2. The van der Waals surface area contributed by atoms with Crippen molar-refractivity contribution in [1.29, 1.82) is 0 Å². The van der Waals surface area contributed by atoms with E-state index >= 15 is 0 Å². The van der Waals surface area contributed by atoms with Crippen LogP contribution in [0.4, 0.5) is 0 Å². The van der Waals surface area contributed by atoms with Crippen LogP contribution in [0.15, 0.2) is 11.6 Å². The highest BCUT2D eigenvalue weighted by molar-refractivity contribution is 5.69. The molecule has 0 heterocycles. The average Bonchev–Trinajstić information content (AvgIpc) is 3.18. The van der Waals surface area contributed by atoms with Gasteiger partial charge < -0.3 is 4.74 Å². The normalized spacial score (nSPS) is 44.4. The summed E-state index contributed by atoms with van der Waals surface area (Å²) in [6.45, 7) is 21.9. The summed E-state index contributed by atoms with van der Waals surface area (Å²) in [4.78, 5) is 12.3. The first kappa shape index (κ1) is 28.2. The topological polar surface area (TPSA) is 26.3 Å². The quantitative estimate of drug-likeness (QED) is 0.258. The second-order valence-electron chi connectivity index (χ2n) is 14.8. The lowest BCUT2D eigenvalue weighted by molar-refractivity contribution is -0.174. The van der Waals surface area contributed by atoms with Gasteiger partial charge in [0.2, 0.25) is 0 Å². The van der Waals surface area contributed by atoms with Crippen LogP contribution in [0.2, 0.25) is 0 Å². The molecule has 2 heteroatoms. The van der Waals surface area contributed by atoms with Crippen LogP contribution >= 0.6 is 0 Å². The summed E-state index contributed by atoms with van der Waals surface area (Å²) < 4.78 is 6.02. The summed E-state index contributed by atoms with van der Waals surface area (Å²) in [5, 5.41) is 0. The molecular weight excluding hydrogens is 440 g/mol. The van der Waals surface area contributed by atoms with Crippen LogP contribution in [-0.2, 0) is 9.53 Å². The van der Waals surface area contributed by atoms with Crippen LogP contribution < -0.4 is 0 Å². The zero-order valence-corrected chi connectivity index (χ0v) is 25.2. The van der Waals surface area contributed by atoms with Gasteiger partial charge >= 0.3 is 5.97 Å². The summed E-state index contributed by atoms with van der Waals surface area (Å²) in [5.74, 6) is 6.88. The van der Waals surface area contributed by atoms with Gasteiger partial charge in [-0.25, -0.2) is 0 Å². The SMILES string of the molecule is CCCC(=O)O[C@H]1CC[C@@]2(C)[C@@H](CC[C@@H]3[C@@H]2CC[C@]2(C)[C@@H]([C@H](C)/C=C(\C)[C@H](C)C(C)C)CC[C@@H]32)[C@@H]1C. The van der Waals surface area contributed by atoms with Crippen molar-refractivity contribution in [3.05, 3.63) is 11.6 Å². The van der Waals surface area contributed by atoms with E-state index in [1.54, 1.807) is 5.57 Å². The fraction of sp³-hybridized carbons (Fsp3) is 0.912. The van der Waals surface area contributed by atoms with Gasteiger partial charge in [-0.2, -0.15) is 0 Å². The van der Waals surface area contributed by atoms with E-state index in [0.717, 1.165) is 48.3 Å². The van der Waals surface area contributed by atoms with E-state index in [4.69, 9.17) is 4.74 Å². The highest BCUT2D eigenvalue weighted by atomic mass is 16.5. The van der Waals surface area contributed by atoms with Crippen molar-refractivity contribution in [2.24, 2.45) is 64.1 Å². The van der Waals surface area contributed by atoms with Gasteiger partial charge in [-0.3, -0.25) is 4.79 Å². The molecular formula is C34H58O2. The van der Waals surface area contributed by atoms with Crippen LogP contribution in [0.5, 0.6) is 0 Å². The number of fused-ring (bicyclic) bond motifs is 5. The Hall–Kier alpha value is -0.790. The Kier molecular flexibility index (Phi) is 8.44. The molecule has 0 aromatic heterocycles. The number of carbonyl (C=O) groups is 1. The molecule has 206 valence electrons. The molecule has 0 aromatic rings. The van der Waals surface area contributed by atoms with Crippen molar-refractivity contribution >= 4 is 5.97 Å². The second kappa shape index (κ2) is 10.8. The lowest BCUT2D eigenvalue weighted by atomic mass is 9.43. The Bertz CT molecular complexity index is 812. The van der Waals surface area contributed by atoms with Crippen molar-refractivity contribution in [2.45, 2.75) is 133 Å². The lowest BCUT2D eigenvalue weighted by Crippen LogP contribution is -2.56. The zero-order chi connectivity index (χ0) is 26.4. The van der Waals surface area contributed by atoms with Crippen LogP contribution in [0, 0.1) is 64.1 Å².